The molecule has 0 aliphatic rings. The third-order valence-corrected chi connectivity index (χ3v) is 3.56. The van der Waals surface area contributed by atoms with E-state index in [1.807, 2.05) is 6.92 Å². The highest BCUT2D eigenvalue weighted by Crippen LogP contribution is 2.19. The SMILES string of the molecule is Cc1nc(CNC(=O)NC[C@H](O)c2ccc(Cl)c(F)c2)oc1C. The fraction of sp³-hybridized carbons (Fsp3) is 0.333. The zero-order valence-electron chi connectivity index (χ0n) is 12.7. The molecule has 1 aromatic carbocycles. The fourth-order valence-corrected chi connectivity index (χ4v) is 1.98. The van der Waals surface area contributed by atoms with Gasteiger partial charge >= 0.3 is 6.03 Å². The Morgan fingerprint density at radius 3 is 2.78 bits per heavy atom. The Bertz CT molecular complexity index is 686. The van der Waals surface area contributed by atoms with Gasteiger partial charge in [-0.2, -0.15) is 0 Å². The highest BCUT2D eigenvalue weighted by Gasteiger charge is 2.12. The van der Waals surface area contributed by atoms with E-state index < -0.39 is 18.0 Å². The molecule has 2 amide bonds. The number of carbonyl (C=O) groups excluding carboxylic acids is 1. The number of amides is 2. The fourth-order valence-electron chi connectivity index (χ4n) is 1.86. The Morgan fingerprint density at radius 2 is 2.17 bits per heavy atom. The number of hydrogen-bond acceptors (Lipinski definition) is 4. The van der Waals surface area contributed by atoms with Crippen LogP contribution in [0.25, 0.3) is 0 Å². The Morgan fingerprint density at radius 1 is 1.43 bits per heavy atom. The summed E-state index contributed by atoms with van der Waals surface area (Å²) in [7, 11) is 0. The maximum atomic E-state index is 13.3. The molecule has 0 unspecified atom stereocenters. The van der Waals surface area contributed by atoms with Gasteiger partial charge in [-0.05, 0) is 31.5 Å². The van der Waals surface area contributed by atoms with E-state index in [1.54, 1.807) is 6.92 Å². The molecule has 0 radical (unpaired) electrons. The van der Waals surface area contributed by atoms with Gasteiger partial charge in [0.05, 0.1) is 23.4 Å². The van der Waals surface area contributed by atoms with Gasteiger partial charge in [0.2, 0.25) is 5.89 Å². The van der Waals surface area contributed by atoms with E-state index in [9.17, 15) is 14.3 Å². The number of aliphatic hydroxyl groups excluding tert-OH is 1. The molecule has 124 valence electrons. The summed E-state index contributed by atoms with van der Waals surface area (Å²) >= 11 is 5.57. The number of halogens is 2. The number of nitrogens with one attached hydrogen (secondary N) is 2. The molecule has 2 aromatic rings. The molecule has 0 saturated carbocycles. The largest absolute Gasteiger partial charge is 0.444 e. The molecule has 1 heterocycles. The van der Waals surface area contributed by atoms with Crippen LogP contribution in [0.2, 0.25) is 5.02 Å². The van der Waals surface area contributed by atoms with Crippen LogP contribution in [0.15, 0.2) is 22.6 Å². The highest BCUT2D eigenvalue weighted by atomic mass is 35.5. The van der Waals surface area contributed by atoms with Gasteiger partial charge < -0.3 is 20.2 Å². The Kier molecular flexibility index (Phi) is 5.57. The van der Waals surface area contributed by atoms with Gasteiger partial charge in [-0.1, -0.05) is 17.7 Å². The molecule has 0 fully saturated rings. The lowest BCUT2D eigenvalue weighted by molar-refractivity contribution is 0.172. The number of benzene rings is 1. The molecule has 0 aliphatic carbocycles. The predicted molar refractivity (Wildman–Crippen MR) is 82.6 cm³/mol. The van der Waals surface area contributed by atoms with Crippen LogP contribution >= 0.6 is 11.6 Å². The second kappa shape index (κ2) is 7.43. The molecular weight excluding hydrogens is 325 g/mol. The third-order valence-electron chi connectivity index (χ3n) is 3.26. The molecule has 0 bridgehead atoms. The van der Waals surface area contributed by atoms with Crippen LogP contribution in [-0.4, -0.2) is 22.7 Å². The van der Waals surface area contributed by atoms with Crippen LogP contribution in [0.4, 0.5) is 9.18 Å². The van der Waals surface area contributed by atoms with Crippen LogP contribution in [0.1, 0.15) is 29.0 Å². The molecule has 0 aliphatic heterocycles. The van der Waals surface area contributed by atoms with E-state index in [2.05, 4.69) is 15.6 Å². The van der Waals surface area contributed by atoms with E-state index in [1.165, 1.54) is 12.1 Å². The van der Waals surface area contributed by atoms with Crippen molar-refractivity contribution < 1.29 is 18.7 Å². The van der Waals surface area contributed by atoms with Crippen LogP contribution in [-0.2, 0) is 6.54 Å². The minimum atomic E-state index is -1.04. The average molecular weight is 342 g/mol. The normalized spacial score (nSPS) is 12.0. The molecule has 2 rings (SSSR count). The van der Waals surface area contributed by atoms with Gasteiger partial charge in [0.25, 0.3) is 0 Å². The molecule has 1 aromatic heterocycles. The second-order valence-corrected chi connectivity index (χ2v) is 5.41. The Hall–Kier alpha value is -2.12. The summed E-state index contributed by atoms with van der Waals surface area (Å²) in [6.07, 6.45) is -1.04. The summed E-state index contributed by atoms with van der Waals surface area (Å²) in [5.41, 5.74) is 1.09. The number of aryl methyl sites for hydroxylation is 2. The summed E-state index contributed by atoms with van der Waals surface area (Å²) in [4.78, 5) is 15.8. The van der Waals surface area contributed by atoms with Crippen LogP contribution in [0, 0.1) is 19.7 Å². The number of urea groups is 1. The summed E-state index contributed by atoms with van der Waals surface area (Å²) in [5.74, 6) is 0.472. The smallest absolute Gasteiger partial charge is 0.315 e. The summed E-state index contributed by atoms with van der Waals surface area (Å²) < 4.78 is 18.6. The van der Waals surface area contributed by atoms with Crippen molar-refractivity contribution in [3.8, 4) is 0 Å². The molecule has 0 spiro atoms. The molecular formula is C15H17ClFN3O3. The van der Waals surface area contributed by atoms with Crippen LogP contribution < -0.4 is 10.6 Å². The summed E-state index contributed by atoms with van der Waals surface area (Å²) in [5, 5.41) is 14.9. The first-order chi connectivity index (χ1) is 10.9. The summed E-state index contributed by atoms with van der Waals surface area (Å²) in [6.45, 7) is 3.65. The third kappa shape index (κ3) is 4.67. The topological polar surface area (TPSA) is 87.4 Å². The second-order valence-electron chi connectivity index (χ2n) is 5.00. The first kappa shape index (κ1) is 17.2. The van der Waals surface area contributed by atoms with Crippen molar-refractivity contribution in [1.82, 2.24) is 15.6 Å². The molecule has 0 saturated heterocycles. The van der Waals surface area contributed by atoms with Crippen molar-refractivity contribution in [3.63, 3.8) is 0 Å². The molecule has 3 N–H and O–H groups in total. The van der Waals surface area contributed by atoms with Crippen molar-refractivity contribution in [2.24, 2.45) is 0 Å². The highest BCUT2D eigenvalue weighted by molar-refractivity contribution is 6.30. The number of hydrogen-bond donors (Lipinski definition) is 3. The number of aliphatic hydroxyl groups is 1. The van der Waals surface area contributed by atoms with Gasteiger partial charge in [0.15, 0.2) is 0 Å². The Labute approximate surface area is 137 Å². The van der Waals surface area contributed by atoms with Crippen LogP contribution in [0.5, 0.6) is 0 Å². The average Bonchev–Trinajstić information content (AvgIpc) is 2.84. The molecule has 6 nitrogen and oxygen atoms in total. The predicted octanol–water partition coefficient (Wildman–Crippen LogP) is 2.62. The first-order valence-electron chi connectivity index (χ1n) is 6.94. The number of carbonyl (C=O) groups is 1. The standard InChI is InChI=1S/C15H17ClFN3O3/c1-8-9(2)23-14(20-8)7-19-15(22)18-6-13(21)10-3-4-11(16)12(17)5-10/h3-5,13,21H,6-7H2,1-2H3,(H2,18,19,22)/t13-/m0/s1. The summed E-state index contributed by atoms with van der Waals surface area (Å²) in [6, 6.07) is 3.48. The number of rotatable bonds is 5. The quantitative estimate of drug-likeness (QED) is 0.780. The zero-order chi connectivity index (χ0) is 17.0. The Balaban J connectivity index is 1.80. The van der Waals surface area contributed by atoms with E-state index in [4.69, 9.17) is 16.0 Å². The van der Waals surface area contributed by atoms with Crippen molar-refractivity contribution >= 4 is 17.6 Å². The number of oxazole rings is 1. The molecule has 1 atom stereocenters. The van der Waals surface area contributed by atoms with Gasteiger partial charge in [-0.25, -0.2) is 14.2 Å². The van der Waals surface area contributed by atoms with Gasteiger partial charge in [0, 0.05) is 6.54 Å². The minimum Gasteiger partial charge on any atom is -0.444 e. The van der Waals surface area contributed by atoms with Crippen molar-refractivity contribution in [2.45, 2.75) is 26.5 Å². The van der Waals surface area contributed by atoms with Gasteiger partial charge in [0.1, 0.15) is 11.6 Å². The van der Waals surface area contributed by atoms with Crippen molar-refractivity contribution in [1.29, 1.82) is 0 Å². The maximum Gasteiger partial charge on any atom is 0.315 e. The van der Waals surface area contributed by atoms with E-state index in [0.717, 1.165) is 11.8 Å². The maximum absolute atomic E-state index is 13.3. The minimum absolute atomic E-state index is 0.0248. The number of aromatic nitrogens is 1. The van der Waals surface area contributed by atoms with E-state index >= 15 is 0 Å². The van der Waals surface area contributed by atoms with Gasteiger partial charge in [-0.3, -0.25) is 0 Å². The monoisotopic (exact) mass is 341 g/mol. The van der Waals surface area contributed by atoms with E-state index in [0.29, 0.717) is 17.2 Å². The van der Waals surface area contributed by atoms with Crippen molar-refractivity contribution in [3.05, 3.63) is 51.9 Å². The van der Waals surface area contributed by atoms with Crippen LogP contribution in [0.3, 0.4) is 0 Å². The molecule has 23 heavy (non-hydrogen) atoms. The van der Waals surface area contributed by atoms with Crippen molar-refractivity contribution in [2.75, 3.05) is 6.54 Å². The lowest BCUT2D eigenvalue weighted by Crippen LogP contribution is -2.37. The zero-order valence-corrected chi connectivity index (χ0v) is 13.4. The van der Waals surface area contributed by atoms with E-state index in [-0.39, 0.29) is 18.1 Å². The number of nitrogens with zero attached hydrogens (tertiary/aromatic N) is 1. The van der Waals surface area contributed by atoms with Gasteiger partial charge in [-0.15, -0.1) is 0 Å². The lowest BCUT2D eigenvalue weighted by Gasteiger charge is -2.13. The molecule has 8 heteroatoms. The lowest BCUT2D eigenvalue weighted by atomic mass is 10.1. The first-order valence-corrected chi connectivity index (χ1v) is 7.32.